The first-order valence-corrected chi connectivity index (χ1v) is 13.8. The van der Waals surface area contributed by atoms with Gasteiger partial charge in [-0.3, -0.25) is 0 Å². The maximum Gasteiger partial charge on any atom is 0.350 e. The van der Waals surface area contributed by atoms with Gasteiger partial charge in [0.2, 0.25) is 0 Å². The second kappa shape index (κ2) is 11.5. The Hall–Kier alpha value is -1.44. The summed E-state index contributed by atoms with van der Waals surface area (Å²) in [7, 11) is 3.18. The van der Waals surface area contributed by atoms with Crippen molar-refractivity contribution in [3.05, 3.63) is 27.7 Å². The number of hydrogen-bond acceptors (Lipinski definition) is 6. The molecule has 2 atom stereocenters. The molecule has 34 heavy (non-hydrogen) atoms. The van der Waals surface area contributed by atoms with Crippen LogP contribution in [0.5, 0.6) is 0 Å². The lowest BCUT2D eigenvalue weighted by Crippen LogP contribution is -2.50. The van der Waals surface area contributed by atoms with Crippen LogP contribution < -0.4 is 4.90 Å². The Labute approximate surface area is 207 Å². The summed E-state index contributed by atoms with van der Waals surface area (Å²) >= 11 is 1.46. The summed E-state index contributed by atoms with van der Waals surface area (Å²) in [6, 6.07) is 2.24. The van der Waals surface area contributed by atoms with Crippen molar-refractivity contribution >= 4 is 23.0 Å². The van der Waals surface area contributed by atoms with Crippen LogP contribution in [0.4, 0.5) is 10.1 Å². The van der Waals surface area contributed by atoms with E-state index >= 15 is 0 Å². The number of ether oxygens (including phenoxy) is 2. The molecular weight excluding hydrogens is 453 g/mol. The molecule has 0 amide bonds. The molecular formula is C27H40FNO4S. The normalized spacial score (nSPS) is 31.0. The Morgan fingerprint density at radius 1 is 1.12 bits per heavy atom. The van der Waals surface area contributed by atoms with Crippen molar-refractivity contribution in [2.75, 3.05) is 19.1 Å². The molecule has 1 N–H and O–H groups in total. The van der Waals surface area contributed by atoms with Gasteiger partial charge in [0.05, 0.1) is 24.7 Å². The second-order valence-electron chi connectivity index (χ2n) is 10.5. The minimum Gasteiger partial charge on any atom is -0.465 e. The molecule has 1 aromatic rings. The van der Waals surface area contributed by atoms with E-state index in [1.54, 1.807) is 13.2 Å². The predicted molar refractivity (Wildman–Crippen MR) is 134 cm³/mol. The van der Waals surface area contributed by atoms with Crippen molar-refractivity contribution < 1.29 is 23.8 Å². The number of aliphatic hydroxyl groups excluding tert-OH is 1. The molecule has 7 heteroatoms. The van der Waals surface area contributed by atoms with Gasteiger partial charge in [-0.2, -0.15) is 0 Å². The molecule has 0 bridgehead atoms. The first-order valence-electron chi connectivity index (χ1n) is 13.0. The lowest BCUT2D eigenvalue weighted by molar-refractivity contribution is 0.0392. The number of aliphatic hydroxyl groups is 1. The minimum absolute atomic E-state index is 0.0419. The lowest BCUT2D eigenvalue weighted by atomic mass is 9.81. The van der Waals surface area contributed by atoms with Gasteiger partial charge in [0.25, 0.3) is 0 Å². The number of hydrogen-bond donors (Lipinski definition) is 1. The number of allylic oxidation sites excluding steroid dienone is 2. The minimum atomic E-state index is -0.633. The summed E-state index contributed by atoms with van der Waals surface area (Å²) in [4.78, 5) is 16.7. The molecule has 0 aliphatic heterocycles. The number of nitrogens with zero attached hydrogens (tertiary/aromatic N) is 1. The molecule has 4 rings (SSSR count). The number of methoxy groups -OCH3 is 2. The van der Waals surface area contributed by atoms with E-state index in [4.69, 9.17) is 9.47 Å². The van der Waals surface area contributed by atoms with Gasteiger partial charge in [-0.05, 0) is 75.7 Å². The third-order valence-corrected chi connectivity index (χ3v) is 9.54. The number of thiophene rings is 1. The molecule has 0 radical (unpaired) electrons. The summed E-state index contributed by atoms with van der Waals surface area (Å²) in [6.45, 7) is 2.29. The Morgan fingerprint density at radius 2 is 1.82 bits per heavy atom. The highest BCUT2D eigenvalue weighted by molar-refractivity contribution is 7.14. The van der Waals surface area contributed by atoms with Crippen LogP contribution in [-0.4, -0.2) is 43.7 Å². The quantitative estimate of drug-likeness (QED) is 0.344. The van der Waals surface area contributed by atoms with Gasteiger partial charge in [0, 0.05) is 23.9 Å². The van der Waals surface area contributed by atoms with Crippen molar-refractivity contribution in [1.29, 1.82) is 0 Å². The third-order valence-electron chi connectivity index (χ3n) is 8.28. The van der Waals surface area contributed by atoms with E-state index in [1.807, 2.05) is 0 Å². The average Bonchev–Trinajstić information content (AvgIpc) is 3.29. The molecule has 5 nitrogen and oxygen atoms in total. The first-order chi connectivity index (χ1) is 16.4. The number of rotatable bonds is 7. The standard InChI is InChI=1S/C27H40FNO4S/c1-17-4-6-19(7-5-17)26(30)29(21-12-14-22(32-2)15-13-21)23-16-24(34-25(23)27(31)33-3)18-8-10-20(28)11-9-18/h10,16-19,21-22,26,30H,4-9,11-15H2,1-3H3. The van der Waals surface area contributed by atoms with E-state index in [9.17, 15) is 14.3 Å². The maximum absolute atomic E-state index is 13.7. The Balaban J connectivity index is 1.68. The van der Waals surface area contributed by atoms with E-state index < -0.39 is 6.23 Å². The first kappa shape index (κ1) is 25.6. The number of halogens is 1. The van der Waals surface area contributed by atoms with E-state index in [2.05, 4.69) is 17.9 Å². The van der Waals surface area contributed by atoms with Gasteiger partial charge in [-0.15, -0.1) is 11.3 Å². The third kappa shape index (κ3) is 5.68. The van der Waals surface area contributed by atoms with Gasteiger partial charge in [-0.25, -0.2) is 9.18 Å². The van der Waals surface area contributed by atoms with E-state index in [-0.39, 0.29) is 35.8 Å². The van der Waals surface area contributed by atoms with E-state index in [1.165, 1.54) is 18.4 Å². The summed E-state index contributed by atoms with van der Waals surface area (Å²) < 4.78 is 24.4. The highest BCUT2D eigenvalue weighted by Crippen LogP contribution is 2.44. The fourth-order valence-electron chi connectivity index (χ4n) is 6.02. The summed E-state index contributed by atoms with van der Waals surface area (Å²) in [5.74, 6) is 0.688. The zero-order valence-corrected chi connectivity index (χ0v) is 21.6. The Kier molecular flexibility index (Phi) is 8.70. The zero-order valence-electron chi connectivity index (χ0n) is 20.8. The van der Waals surface area contributed by atoms with Crippen molar-refractivity contribution in [3.63, 3.8) is 0 Å². The highest BCUT2D eigenvalue weighted by atomic mass is 32.1. The van der Waals surface area contributed by atoms with Crippen LogP contribution in [0.1, 0.15) is 98.0 Å². The molecule has 1 aromatic heterocycles. The average molecular weight is 494 g/mol. The molecule has 2 unspecified atom stereocenters. The van der Waals surface area contributed by atoms with Crippen LogP contribution >= 0.6 is 11.3 Å². The molecule has 0 aromatic carbocycles. The van der Waals surface area contributed by atoms with Crippen molar-refractivity contribution in [1.82, 2.24) is 0 Å². The Morgan fingerprint density at radius 3 is 2.41 bits per heavy atom. The van der Waals surface area contributed by atoms with Crippen molar-refractivity contribution in [3.8, 4) is 0 Å². The van der Waals surface area contributed by atoms with Gasteiger partial charge >= 0.3 is 5.97 Å². The summed E-state index contributed by atoms with van der Waals surface area (Å²) in [5, 5.41) is 11.8. The van der Waals surface area contributed by atoms with Crippen molar-refractivity contribution in [2.45, 2.75) is 102 Å². The van der Waals surface area contributed by atoms with Crippen LogP contribution in [0.2, 0.25) is 0 Å². The molecule has 3 aliphatic rings. The topological polar surface area (TPSA) is 59.0 Å². The summed E-state index contributed by atoms with van der Waals surface area (Å²) in [6.07, 6.45) is 11.1. The van der Waals surface area contributed by atoms with E-state index in [0.29, 0.717) is 23.6 Å². The van der Waals surface area contributed by atoms with Gasteiger partial charge < -0.3 is 19.5 Å². The second-order valence-corrected chi connectivity index (χ2v) is 11.6. The Bertz CT molecular complexity index is 855. The lowest BCUT2D eigenvalue weighted by Gasteiger charge is -2.44. The van der Waals surface area contributed by atoms with Crippen LogP contribution in [0, 0.1) is 11.8 Å². The molecule has 0 spiro atoms. The van der Waals surface area contributed by atoms with Gasteiger partial charge in [-0.1, -0.05) is 25.8 Å². The van der Waals surface area contributed by atoms with Crippen LogP contribution in [-0.2, 0) is 9.47 Å². The zero-order chi connectivity index (χ0) is 24.2. The SMILES string of the molecule is COC(=O)c1sc(C2CC=C(F)CC2)cc1N(C1CCC(OC)CC1)C(O)C1CCC(C)CC1. The summed E-state index contributed by atoms with van der Waals surface area (Å²) in [5.41, 5.74) is 0.800. The number of carbonyl (C=O) groups is 1. The molecule has 1 heterocycles. The largest absolute Gasteiger partial charge is 0.465 e. The van der Waals surface area contributed by atoms with Crippen LogP contribution in [0.3, 0.4) is 0 Å². The highest BCUT2D eigenvalue weighted by Gasteiger charge is 2.38. The fourth-order valence-corrected chi connectivity index (χ4v) is 7.24. The van der Waals surface area contributed by atoms with Gasteiger partial charge in [0.15, 0.2) is 0 Å². The van der Waals surface area contributed by atoms with Crippen LogP contribution in [0.15, 0.2) is 18.0 Å². The number of esters is 1. The fraction of sp³-hybridized carbons (Fsp3) is 0.741. The number of carbonyl (C=O) groups excluding carboxylic acids is 1. The molecule has 0 saturated heterocycles. The molecule has 190 valence electrons. The van der Waals surface area contributed by atoms with E-state index in [0.717, 1.165) is 68.4 Å². The maximum atomic E-state index is 13.7. The smallest absolute Gasteiger partial charge is 0.350 e. The van der Waals surface area contributed by atoms with Crippen LogP contribution in [0.25, 0.3) is 0 Å². The molecule has 3 aliphatic carbocycles. The number of anilines is 1. The monoisotopic (exact) mass is 493 g/mol. The van der Waals surface area contributed by atoms with Crippen molar-refractivity contribution in [2.24, 2.45) is 11.8 Å². The van der Waals surface area contributed by atoms with Gasteiger partial charge in [0.1, 0.15) is 11.1 Å². The molecule has 2 saturated carbocycles. The molecule has 2 fully saturated rings. The predicted octanol–water partition coefficient (Wildman–Crippen LogP) is 6.56.